The summed E-state index contributed by atoms with van der Waals surface area (Å²) < 4.78 is 66.4. The summed E-state index contributed by atoms with van der Waals surface area (Å²) in [5.74, 6) is -6.92. The van der Waals surface area contributed by atoms with E-state index >= 15 is 0 Å². The quantitative estimate of drug-likeness (QED) is 0.305. The van der Waals surface area contributed by atoms with Gasteiger partial charge < -0.3 is 11.1 Å². The summed E-state index contributed by atoms with van der Waals surface area (Å²) in [7, 11) is 0. The predicted molar refractivity (Wildman–Crippen MR) is 128 cm³/mol. The maximum atomic E-state index is 13.6. The van der Waals surface area contributed by atoms with Crippen molar-refractivity contribution in [3.8, 4) is 5.82 Å². The van der Waals surface area contributed by atoms with Crippen LogP contribution in [0.5, 0.6) is 0 Å². The molecule has 0 atom stereocenters. The van der Waals surface area contributed by atoms with E-state index in [-0.39, 0.29) is 44.7 Å². The summed E-state index contributed by atoms with van der Waals surface area (Å²) in [6.45, 7) is 1.07. The highest BCUT2D eigenvalue weighted by Crippen LogP contribution is 2.42. The fraction of sp³-hybridized carbons (Fsp3) is 0.182. The molecule has 3 N–H and O–H groups in total. The lowest BCUT2D eigenvalue weighted by molar-refractivity contribution is -0.291. The first-order valence-corrected chi connectivity index (χ1v) is 11.4. The summed E-state index contributed by atoms with van der Waals surface area (Å²) in [6, 6.07) is 6.92. The third-order valence-corrected chi connectivity index (χ3v) is 5.77. The number of carbonyl (C=O) groups excluding carboxylic acids is 2. The second-order valence-corrected chi connectivity index (χ2v) is 8.88. The number of hydrogen-bond acceptors (Lipinski definition) is 6. The van der Waals surface area contributed by atoms with Crippen molar-refractivity contribution in [1.29, 1.82) is 0 Å². The molecule has 2 amide bonds. The molecule has 4 aromatic rings. The Morgan fingerprint density at radius 2 is 1.82 bits per heavy atom. The summed E-state index contributed by atoms with van der Waals surface area (Å²) in [6.07, 6.45) is -4.23. The fourth-order valence-electron chi connectivity index (χ4n) is 3.45. The van der Waals surface area contributed by atoms with E-state index in [9.17, 15) is 31.5 Å². The summed E-state index contributed by atoms with van der Waals surface area (Å²) in [5.41, 5.74) is 3.99. The molecule has 1 aromatic carbocycles. The number of aromatic nitrogens is 6. The molecule has 0 saturated carbocycles. The van der Waals surface area contributed by atoms with Crippen LogP contribution in [0.4, 0.5) is 27.6 Å². The number of benzene rings is 1. The lowest BCUT2D eigenvalue weighted by Crippen LogP contribution is -2.34. The summed E-state index contributed by atoms with van der Waals surface area (Å²) >= 11 is 12.2. The van der Waals surface area contributed by atoms with Crippen LogP contribution in [-0.4, -0.2) is 47.7 Å². The first kappa shape index (κ1) is 27.9. The molecule has 3 aromatic heterocycles. The molecule has 0 bridgehead atoms. The minimum atomic E-state index is -5.88. The van der Waals surface area contributed by atoms with Crippen molar-refractivity contribution in [3.05, 3.63) is 81.0 Å². The Labute approximate surface area is 225 Å². The van der Waals surface area contributed by atoms with Gasteiger partial charge in [-0.3, -0.25) is 9.59 Å². The van der Waals surface area contributed by atoms with Gasteiger partial charge in [0.05, 0.1) is 28.2 Å². The molecule has 0 spiro atoms. The monoisotopic (exact) mass is 588 g/mol. The zero-order valence-corrected chi connectivity index (χ0v) is 21.0. The molecule has 0 fully saturated rings. The lowest BCUT2D eigenvalue weighted by atomic mass is 10.1. The molecule has 0 saturated heterocycles. The van der Waals surface area contributed by atoms with Crippen molar-refractivity contribution >= 4 is 40.7 Å². The van der Waals surface area contributed by atoms with Crippen LogP contribution in [0.3, 0.4) is 0 Å². The number of aryl methyl sites for hydroxylation is 1. The van der Waals surface area contributed by atoms with Gasteiger partial charge in [-0.25, -0.2) is 9.67 Å². The van der Waals surface area contributed by atoms with Crippen molar-refractivity contribution < 1.29 is 31.5 Å². The summed E-state index contributed by atoms with van der Waals surface area (Å²) in [5, 5.41) is 13.7. The average Bonchev–Trinajstić information content (AvgIpc) is 3.48. The fourth-order valence-corrected chi connectivity index (χ4v) is 3.93. The highest BCUT2D eigenvalue weighted by molar-refractivity contribution is 6.32. The first-order valence-electron chi connectivity index (χ1n) is 10.7. The Bertz CT molecular complexity index is 1580. The van der Waals surface area contributed by atoms with Crippen LogP contribution in [0.15, 0.2) is 42.7 Å². The molecule has 204 valence electrons. The second-order valence-electron chi connectivity index (χ2n) is 8.04. The van der Waals surface area contributed by atoms with Gasteiger partial charge in [-0.2, -0.15) is 42.0 Å². The molecule has 17 heteroatoms. The Morgan fingerprint density at radius 3 is 2.46 bits per heavy atom. The van der Waals surface area contributed by atoms with Crippen LogP contribution in [0.1, 0.15) is 37.8 Å². The average molecular weight is 589 g/mol. The zero-order chi connectivity index (χ0) is 28.7. The standard InChI is InChI=1S/C22H15Cl2F5N8O2/c1-10-5-11(23)6-13(18(30)38)17(10)33-20(39)15-7-12(34-37(15)19-14(24)3-2-4-31-19)9-36-32-8-16(35-36)21(25,26)22(27,28)29/h2-8H,9H2,1H3,(H2,30,38)(H,33,39). The number of primary amides is 1. The van der Waals surface area contributed by atoms with Crippen LogP contribution >= 0.6 is 23.2 Å². The smallest absolute Gasteiger partial charge is 0.366 e. The van der Waals surface area contributed by atoms with Crippen molar-refractivity contribution in [2.45, 2.75) is 25.6 Å². The van der Waals surface area contributed by atoms with E-state index in [4.69, 9.17) is 28.9 Å². The van der Waals surface area contributed by atoms with Gasteiger partial charge in [0.25, 0.3) is 11.8 Å². The van der Waals surface area contributed by atoms with Crippen LogP contribution in [0.25, 0.3) is 5.82 Å². The van der Waals surface area contributed by atoms with E-state index in [0.717, 1.165) is 4.68 Å². The number of carbonyl (C=O) groups is 2. The third kappa shape index (κ3) is 5.54. The Hall–Kier alpha value is -4.11. The highest BCUT2D eigenvalue weighted by Gasteiger charge is 2.60. The molecule has 0 unspecified atom stereocenters. The van der Waals surface area contributed by atoms with Gasteiger partial charge >= 0.3 is 12.1 Å². The molecule has 0 aliphatic carbocycles. The molecule has 10 nitrogen and oxygen atoms in total. The van der Waals surface area contributed by atoms with E-state index in [1.165, 1.54) is 36.5 Å². The van der Waals surface area contributed by atoms with Crippen LogP contribution in [-0.2, 0) is 12.5 Å². The Balaban J connectivity index is 1.74. The Morgan fingerprint density at radius 1 is 1.10 bits per heavy atom. The van der Waals surface area contributed by atoms with Gasteiger partial charge in [-0.05, 0) is 42.8 Å². The predicted octanol–water partition coefficient (Wildman–Crippen LogP) is 4.53. The number of anilines is 1. The van der Waals surface area contributed by atoms with E-state index < -0.39 is 36.2 Å². The lowest BCUT2D eigenvalue weighted by Gasteiger charge is -2.16. The van der Waals surface area contributed by atoms with Crippen LogP contribution in [0.2, 0.25) is 10.0 Å². The number of rotatable bonds is 7. The summed E-state index contributed by atoms with van der Waals surface area (Å²) in [4.78, 5) is 29.9. The first-order chi connectivity index (χ1) is 18.2. The molecule has 0 radical (unpaired) electrons. The number of alkyl halides is 5. The topological polar surface area (TPSA) is 134 Å². The number of nitrogens with zero attached hydrogens (tertiary/aromatic N) is 6. The van der Waals surface area contributed by atoms with E-state index in [2.05, 4.69) is 25.6 Å². The zero-order valence-electron chi connectivity index (χ0n) is 19.5. The number of nitrogens with one attached hydrogen (secondary N) is 1. The van der Waals surface area contributed by atoms with E-state index in [0.29, 0.717) is 10.4 Å². The normalized spacial score (nSPS) is 12.0. The van der Waals surface area contributed by atoms with E-state index in [1.807, 2.05) is 0 Å². The number of halogens is 7. The number of amides is 2. The molecular weight excluding hydrogens is 574 g/mol. The third-order valence-electron chi connectivity index (χ3n) is 5.25. The Kier molecular flexibility index (Phi) is 7.32. The minimum Gasteiger partial charge on any atom is -0.366 e. The van der Waals surface area contributed by atoms with Crippen molar-refractivity contribution in [2.24, 2.45) is 5.73 Å². The van der Waals surface area contributed by atoms with Crippen molar-refractivity contribution in [3.63, 3.8) is 0 Å². The van der Waals surface area contributed by atoms with Gasteiger partial charge in [-0.1, -0.05) is 23.2 Å². The van der Waals surface area contributed by atoms with Gasteiger partial charge in [0, 0.05) is 11.2 Å². The molecule has 0 aliphatic rings. The maximum absolute atomic E-state index is 13.6. The molecule has 4 rings (SSSR count). The van der Waals surface area contributed by atoms with Gasteiger partial charge in [0.1, 0.15) is 12.2 Å². The highest BCUT2D eigenvalue weighted by atomic mass is 35.5. The minimum absolute atomic E-state index is 0.00348. The number of hydrogen-bond donors (Lipinski definition) is 2. The largest absolute Gasteiger partial charge is 0.459 e. The van der Waals surface area contributed by atoms with Gasteiger partial charge in [-0.15, -0.1) is 0 Å². The molecular formula is C22H15Cl2F5N8O2. The van der Waals surface area contributed by atoms with E-state index in [1.54, 1.807) is 6.92 Å². The maximum Gasteiger partial charge on any atom is 0.459 e. The van der Waals surface area contributed by atoms with Crippen molar-refractivity contribution in [2.75, 3.05) is 5.32 Å². The second kappa shape index (κ2) is 10.2. The molecule has 3 heterocycles. The van der Waals surface area contributed by atoms with Crippen molar-refractivity contribution in [1.82, 2.24) is 29.8 Å². The number of nitrogens with two attached hydrogens (primary N) is 1. The molecule has 39 heavy (non-hydrogen) atoms. The van der Waals surface area contributed by atoms with Crippen LogP contribution in [0, 0.1) is 6.92 Å². The SMILES string of the molecule is Cc1cc(Cl)cc(C(N)=O)c1NC(=O)c1cc(Cn2ncc(C(F)(F)C(F)(F)F)n2)nn1-c1ncccc1Cl. The van der Waals surface area contributed by atoms with Crippen LogP contribution < -0.4 is 11.1 Å². The van der Waals surface area contributed by atoms with Gasteiger partial charge in [0.2, 0.25) is 0 Å². The molecule has 0 aliphatic heterocycles. The number of pyridine rings is 1. The van der Waals surface area contributed by atoms with Gasteiger partial charge in [0.15, 0.2) is 11.5 Å².